The first-order valence-electron chi connectivity index (χ1n) is 8.72. The van der Waals surface area contributed by atoms with Crippen LogP contribution in [0.4, 0.5) is 13.2 Å². The summed E-state index contributed by atoms with van der Waals surface area (Å²) in [6.07, 6.45) is 0. The van der Waals surface area contributed by atoms with Crippen LogP contribution in [0.2, 0.25) is 0 Å². The molecule has 1 atom stereocenters. The standard InChI is InChI=1S/C20H23F3N2O/c1-14(20-17(22)4-3-5-18(20)23)25-10-8-24(9-11-25)13-15-12-16(21)6-7-19(15)26-2/h3-7,12,14H,8-11,13H2,1-2H3. The van der Waals surface area contributed by atoms with E-state index in [1.807, 2.05) is 6.92 Å². The summed E-state index contributed by atoms with van der Waals surface area (Å²) < 4.78 is 46.8. The van der Waals surface area contributed by atoms with Crippen molar-refractivity contribution in [3.63, 3.8) is 0 Å². The normalized spacial score (nSPS) is 17.3. The van der Waals surface area contributed by atoms with Crippen molar-refractivity contribution in [3.05, 3.63) is 65.0 Å². The minimum Gasteiger partial charge on any atom is -0.496 e. The Kier molecular flexibility index (Phi) is 5.84. The SMILES string of the molecule is COc1ccc(F)cc1CN1CCN(C(C)c2c(F)cccc2F)CC1. The van der Waals surface area contributed by atoms with Crippen LogP contribution in [-0.4, -0.2) is 43.1 Å². The topological polar surface area (TPSA) is 15.7 Å². The molecule has 2 aromatic carbocycles. The van der Waals surface area contributed by atoms with Gasteiger partial charge in [0.15, 0.2) is 0 Å². The molecule has 0 aliphatic carbocycles. The van der Waals surface area contributed by atoms with Gasteiger partial charge in [0.2, 0.25) is 0 Å². The van der Waals surface area contributed by atoms with Gasteiger partial charge in [-0.2, -0.15) is 0 Å². The highest BCUT2D eigenvalue weighted by atomic mass is 19.1. The van der Waals surface area contributed by atoms with Crippen molar-refractivity contribution in [1.82, 2.24) is 9.80 Å². The summed E-state index contributed by atoms with van der Waals surface area (Å²) in [5.74, 6) is -0.646. The van der Waals surface area contributed by atoms with Crippen molar-refractivity contribution in [3.8, 4) is 5.75 Å². The van der Waals surface area contributed by atoms with Gasteiger partial charge >= 0.3 is 0 Å². The highest BCUT2D eigenvalue weighted by molar-refractivity contribution is 5.34. The highest BCUT2D eigenvalue weighted by Crippen LogP contribution is 2.27. The molecule has 1 aliphatic heterocycles. The summed E-state index contributed by atoms with van der Waals surface area (Å²) in [5.41, 5.74) is 0.918. The summed E-state index contributed by atoms with van der Waals surface area (Å²) >= 11 is 0. The molecule has 0 aromatic heterocycles. The van der Waals surface area contributed by atoms with Crippen molar-refractivity contribution in [2.75, 3.05) is 33.3 Å². The summed E-state index contributed by atoms with van der Waals surface area (Å²) in [5, 5.41) is 0. The minimum absolute atomic E-state index is 0.118. The molecule has 3 rings (SSSR count). The molecule has 0 N–H and O–H groups in total. The molecule has 2 aromatic rings. The smallest absolute Gasteiger partial charge is 0.130 e. The zero-order valence-electron chi connectivity index (χ0n) is 15.0. The second-order valence-electron chi connectivity index (χ2n) is 6.58. The van der Waals surface area contributed by atoms with E-state index in [1.54, 1.807) is 13.2 Å². The number of methoxy groups -OCH3 is 1. The lowest BCUT2D eigenvalue weighted by Crippen LogP contribution is -2.46. The van der Waals surface area contributed by atoms with Gasteiger partial charge in [-0.25, -0.2) is 13.2 Å². The fourth-order valence-electron chi connectivity index (χ4n) is 3.51. The van der Waals surface area contributed by atoms with Crippen LogP contribution in [-0.2, 0) is 6.54 Å². The van der Waals surface area contributed by atoms with Gasteiger partial charge in [0.25, 0.3) is 0 Å². The second-order valence-corrected chi connectivity index (χ2v) is 6.58. The predicted molar refractivity (Wildman–Crippen MR) is 94.6 cm³/mol. The van der Waals surface area contributed by atoms with Crippen LogP contribution in [0.1, 0.15) is 24.1 Å². The van der Waals surface area contributed by atoms with Crippen LogP contribution in [0, 0.1) is 17.5 Å². The van der Waals surface area contributed by atoms with Crippen molar-refractivity contribution < 1.29 is 17.9 Å². The van der Waals surface area contributed by atoms with E-state index in [1.165, 1.54) is 30.3 Å². The molecule has 1 heterocycles. The number of ether oxygens (including phenoxy) is 1. The van der Waals surface area contributed by atoms with E-state index < -0.39 is 11.6 Å². The lowest BCUT2D eigenvalue weighted by Gasteiger charge is -2.38. The quantitative estimate of drug-likeness (QED) is 0.798. The average molecular weight is 364 g/mol. The van der Waals surface area contributed by atoms with Crippen LogP contribution in [0.3, 0.4) is 0 Å². The number of hydrogen-bond acceptors (Lipinski definition) is 3. The Hall–Kier alpha value is -2.05. The van der Waals surface area contributed by atoms with Gasteiger partial charge in [0.1, 0.15) is 23.2 Å². The molecular weight excluding hydrogens is 341 g/mol. The molecule has 3 nitrogen and oxygen atoms in total. The van der Waals surface area contributed by atoms with Crippen LogP contribution >= 0.6 is 0 Å². The summed E-state index contributed by atoms with van der Waals surface area (Å²) in [6, 6.07) is 8.13. The maximum absolute atomic E-state index is 14.0. The number of piperazine rings is 1. The Morgan fingerprint density at radius 2 is 1.65 bits per heavy atom. The molecule has 0 spiro atoms. The van der Waals surface area contributed by atoms with E-state index in [0.717, 1.165) is 18.7 Å². The van der Waals surface area contributed by atoms with E-state index in [9.17, 15) is 13.2 Å². The molecule has 0 saturated carbocycles. The Bertz CT molecular complexity index is 740. The third kappa shape index (κ3) is 4.02. The van der Waals surface area contributed by atoms with Crippen LogP contribution < -0.4 is 4.74 Å². The molecule has 0 amide bonds. The molecule has 6 heteroatoms. The molecule has 1 saturated heterocycles. The Morgan fingerprint density at radius 1 is 1.00 bits per heavy atom. The van der Waals surface area contributed by atoms with E-state index >= 15 is 0 Å². The third-order valence-electron chi connectivity index (χ3n) is 5.01. The van der Waals surface area contributed by atoms with Gasteiger partial charge in [-0.05, 0) is 37.3 Å². The summed E-state index contributed by atoms with van der Waals surface area (Å²) in [4.78, 5) is 4.26. The van der Waals surface area contributed by atoms with Crippen LogP contribution in [0.25, 0.3) is 0 Å². The molecule has 0 bridgehead atoms. The second kappa shape index (κ2) is 8.10. The lowest BCUT2D eigenvalue weighted by molar-refractivity contribution is 0.0945. The first kappa shape index (κ1) is 18.7. The number of nitrogens with zero attached hydrogens (tertiary/aromatic N) is 2. The van der Waals surface area contributed by atoms with Crippen LogP contribution in [0.5, 0.6) is 5.75 Å². The monoisotopic (exact) mass is 364 g/mol. The van der Waals surface area contributed by atoms with E-state index in [2.05, 4.69) is 9.80 Å². The van der Waals surface area contributed by atoms with Crippen molar-refractivity contribution in [2.45, 2.75) is 19.5 Å². The molecule has 1 aliphatic rings. The van der Waals surface area contributed by atoms with E-state index in [0.29, 0.717) is 25.4 Å². The molecular formula is C20H23F3N2O. The summed E-state index contributed by atoms with van der Waals surface area (Å²) in [6.45, 7) is 5.25. The number of halogens is 3. The fraction of sp³-hybridized carbons (Fsp3) is 0.400. The fourth-order valence-corrected chi connectivity index (χ4v) is 3.51. The van der Waals surface area contributed by atoms with Gasteiger partial charge in [-0.3, -0.25) is 9.80 Å². The molecule has 1 unspecified atom stereocenters. The molecule has 140 valence electrons. The highest BCUT2D eigenvalue weighted by Gasteiger charge is 2.26. The maximum Gasteiger partial charge on any atom is 0.130 e. The third-order valence-corrected chi connectivity index (χ3v) is 5.01. The number of benzene rings is 2. The number of rotatable bonds is 5. The van der Waals surface area contributed by atoms with Gasteiger partial charge in [-0.15, -0.1) is 0 Å². The first-order chi connectivity index (χ1) is 12.5. The first-order valence-corrected chi connectivity index (χ1v) is 8.72. The summed E-state index contributed by atoms with van der Waals surface area (Å²) in [7, 11) is 1.57. The molecule has 0 radical (unpaired) electrons. The van der Waals surface area contributed by atoms with Gasteiger partial charge in [0.05, 0.1) is 7.11 Å². The number of hydrogen-bond donors (Lipinski definition) is 0. The Balaban J connectivity index is 1.64. The Morgan fingerprint density at radius 3 is 2.27 bits per heavy atom. The van der Waals surface area contributed by atoms with Gasteiger partial charge in [-0.1, -0.05) is 6.07 Å². The zero-order valence-corrected chi connectivity index (χ0v) is 15.0. The van der Waals surface area contributed by atoms with E-state index in [4.69, 9.17) is 4.74 Å². The van der Waals surface area contributed by atoms with Crippen molar-refractivity contribution >= 4 is 0 Å². The molecule has 1 fully saturated rings. The Labute approximate surface area is 152 Å². The predicted octanol–water partition coefficient (Wildman–Crippen LogP) is 3.99. The zero-order chi connectivity index (χ0) is 18.7. The van der Waals surface area contributed by atoms with Gasteiger partial charge < -0.3 is 4.74 Å². The van der Waals surface area contributed by atoms with Crippen molar-refractivity contribution in [2.24, 2.45) is 0 Å². The minimum atomic E-state index is -0.510. The lowest BCUT2D eigenvalue weighted by atomic mass is 10.0. The largest absolute Gasteiger partial charge is 0.496 e. The average Bonchev–Trinajstić information content (AvgIpc) is 2.62. The van der Waals surface area contributed by atoms with Gasteiger partial charge in [0, 0.05) is 49.9 Å². The van der Waals surface area contributed by atoms with E-state index in [-0.39, 0.29) is 17.4 Å². The molecule has 26 heavy (non-hydrogen) atoms. The van der Waals surface area contributed by atoms with Crippen LogP contribution in [0.15, 0.2) is 36.4 Å². The van der Waals surface area contributed by atoms with Crippen molar-refractivity contribution in [1.29, 1.82) is 0 Å². The maximum atomic E-state index is 14.0.